The van der Waals surface area contributed by atoms with E-state index in [0.717, 1.165) is 0 Å². The second kappa shape index (κ2) is 5.37. The summed E-state index contributed by atoms with van der Waals surface area (Å²) in [6.07, 6.45) is 1.64. The van der Waals surface area contributed by atoms with Gasteiger partial charge in [-0.15, -0.1) is 0 Å². The smallest absolute Gasteiger partial charge is 0.233 e. The predicted molar refractivity (Wildman–Crippen MR) is 68.9 cm³/mol. The highest BCUT2D eigenvalue weighted by Crippen LogP contribution is 2.21. The number of benzene rings is 1. The maximum Gasteiger partial charge on any atom is 0.233 e. The molecule has 2 nitrogen and oxygen atoms in total. The highest BCUT2D eigenvalue weighted by atomic mass is 35.5. The second-order valence-electron chi connectivity index (χ2n) is 3.98. The molecule has 0 fully saturated rings. The molecule has 0 bridgehead atoms. The Morgan fingerprint density at radius 1 is 1.31 bits per heavy atom. The summed E-state index contributed by atoms with van der Waals surface area (Å²) in [5.41, 5.74) is 1.42. The average Bonchev–Trinajstić information content (AvgIpc) is 2.21. The molecular formula is C12H13Cl2NO. The highest BCUT2D eigenvalue weighted by Gasteiger charge is 2.24. The van der Waals surface area contributed by atoms with E-state index in [0.29, 0.717) is 10.7 Å². The number of halogens is 2. The Bertz CT molecular complexity index is 396. The fraction of sp³-hybridized carbons (Fsp3) is 0.250. The largest absolute Gasteiger partial charge is 0.325 e. The lowest BCUT2D eigenvalue weighted by Gasteiger charge is -2.19. The van der Waals surface area contributed by atoms with Gasteiger partial charge in [-0.2, -0.15) is 0 Å². The number of nitrogens with one attached hydrogen (secondary N) is 1. The first-order valence-electron chi connectivity index (χ1n) is 4.80. The molecule has 0 aliphatic carbocycles. The van der Waals surface area contributed by atoms with Gasteiger partial charge in [0.15, 0.2) is 0 Å². The zero-order valence-electron chi connectivity index (χ0n) is 9.13. The summed E-state index contributed by atoms with van der Waals surface area (Å²) in [4.78, 5) is 11.9. The van der Waals surface area contributed by atoms with Crippen molar-refractivity contribution in [3.8, 4) is 0 Å². The average molecular weight is 258 g/mol. The summed E-state index contributed by atoms with van der Waals surface area (Å²) < 4.78 is 0. The summed E-state index contributed by atoms with van der Waals surface area (Å²) in [5, 5.41) is 3.42. The maximum atomic E-state index is 11.9. The van der Waals surface area contributed by atoms with Crippen molar-refractivity contribution in [2.45, 2.75) is 13.8 Å². The molecule has 0 atom stereocenters. The van der Waals surface area contributed by atoms with Crippen LogP contribution in [-0.2, 0) is 4.79 Å². The van der Waals surface area contributed by atoms with E-state index < -0.39 is 5.41 Å². The standard InChI is InChI=1S/C12H13Cl2NO/c1-12(2,7-8-13)11(16)15-10-5-3-9(14)4-6-10/h3-8H,1-2H3,(H,15,16)/b8-7+. The third kappa shape index (κ3) is 3.54. The first kappa shape index (κ1) is 13.1. The van der Waals surface area contributed by atoms with Gasteiger partial charge in [0.25, 0.3) is 0 Å². The molecule has 0 radical (unpaired) electrons. The number of hydrogen-bond donors (Lipinski definition) is 1. The number of carbonyl (C=O) groups excluding carboxylic acids is 1. The molecule has 0 spiro atoms. The molecule has 1 aromatic rings. The third-order valence-electron chi connectivity index (χ3n) is 2.17. The van der Waals surface area contributed by atoms with Crippen LogP contribution < -0.4 is 5.32 Å². The van der Waals surface area contributed by atoms with Gasteiger partial charge in [-0.05, 0) is 38.1 Å². The fourth-order valence-corrected chi connectivity index (χ4v) is 1.50. The lowest BCUT2D eigenvalue weighted by Crippen LogP contribution is -2.28. The number of hydrogen-bond acceptors (Lipinski definition) is 1. The molecule has 0 aliphatic heterocycles. The fourth-order valence-electron chi connectivity index (χ4n) is 1.06. The van der Waals surface area contributed by atoms with Gasteiger partial charge in [0.05, 0.1) is 5.41 Å². The van der Waals surface area contributed by atoms with Crippen molar-refractivity contribution >= 4 is 34.8 Å². The van der Waals surface area contributed by atoms with E-state index in [4.69, 9.17) is 23.2 Å². The van der Waals surface area contributed by atoms with Gasteiger partial charge in [-0.25, -0.2) is 0 Å². The molecule has 1 amide bonds. The van der Waals surface area contributed by atoms with Crippen LogP contribution in [0, 0.1) is 5.41 Å². The Hall–Kier alpha value is -0.990. The molecule has 86 valence electrons. The van der Waals surface area contributed by atoms with Gasteiger partial charge in [-0.1, -0.05) is 29.3 Å². The van der Waals surface area contributed by atoms with Crippen LogP contribution in [0.1, 0.15) is 13.8 Å². The van der Waals surface area contributed by atoms with Crippen LogP contribution >= 0.6 is 23.2 Å². The Morgan fingerprint density at radius 3 is 2.38 bits per heavy atom. The molecule has 1 aromatic carbocycles. The quantitative estimate of drug-likeness (QED) is 0.870. The summed E-state index contributed by atoms with van der Waals surface area (Å²) in [7, 11) is 0. The van der Waals surface area contributed by atoms with E-state index >= 15 is 0 Å². The first-order chi connectivity index (χ1) is 7.45. The summed E-state index contributed by atoms with van der Waals surface area (Å²) in [6.45, 7) is 3.58. The van der Waals surface area contributed by atoms with Crippen molar-refractivity contribution in [2.75, 3.05) is 5.32 Å². The molecular weight excluding hydrogens is 245 g/mol. The Balaban J connectivity index is 2.75. The minimum absolute atomic E-state index is 0.119. The topological polar surface area (TPSA) is 29.1 Å². The molecule has 1 N–H and O–H groups in total. The Kier molecular flexibility index (Phi) is 4.39. The number of rotatable bonds is 3. The molecule has 0 heterocycles. The monoisotopic (exact) mass is 257 g/mol. The zero-order chi connectivity index (χ0) is 12.2. The molecule has 0 saturated heterocycles. The van der Waals surface area contributed by atoms with E-state index in [1.165, 1.54) is 5.54 Å². The summed E-state index contributed by atoms with van der Waals surface area (Å²) >= 11 is 11.2. The summed E-state index contributed by atoms with van der Waals surface area (Å²) in [6, 6.07) is 6.95. The zero-order valence-corrected chi connectivity index (χ0v) is 10.6. The van der Waals surface area contributed by atoms with Crippen LogP contribution in [-0.4, -0.2) is 5.91 Å². The number of amides is 1. The van der Waals surface area contributed by atoms with Crippen LogP contribution in [0.15, 0.2) is 35.9 Å². The van der Waals surface area contributed by atoms with Crippen molar-refractivity contribution < 1.29 is 4.79 Å². The molecule has 0 saturated carbocycles. The van der Waals surface area contributed by atoms with E-state index in [9.17, 15) is 4.79 Å². The van der Waals surface area contributed by atoms with Crippen LogP contribution in [0.4, 0.5) is 5.69 Å². The molecule has 0 unspecified atom stereocenters. The Morgan fingerprint density at radius 2 is 1.88 bits per heavy atom. The first-order valence-corrected chi connectivity index (χ1v) is 5.62. The van der Waals surface area contributed by atoms with Gasteiger partial charge >= 0.3 is 0 Å². The minimum Gasteiger partial charge on any atom is -0.325 e. The van der Waals surface area contributed by atoms with Gasteiger partial charge in [0.2, 0.25) is 5.91 Å². The van der Waals surface area contributed by atoms with Crippen LogP contribution in [0.5, 0.6) is 0 Å². The van der Waals surface area contributed by atoms with Gasteiger partial charge in [0.1, 0.15) is 0 Å². The maximum absolute atomic E-state index is 11.9. The SMILES string of the molecule is CC(C)(/C=C/Cl)C(=O)Nc1ccc(Cl)cc1. The highest BCUT2D eigenvalue weighted by molar-refractivity contribution is 6.30. The number of anilines is 1. The van der Waals surface area contributed by atoms with E-state index in [1.807, 2.05) is 0 Å². The lowest BCUT2D eigenvalue weighted by atomic mass is 9.92. The number of carbonyl (C=O) groups is 1. The third-order valence-corrected chi connectivity index (χ3v) is 2.54. The van der Waals surface area contributed by atoms with E-state index in [-0.39, 0.29) is 5.91 Å². The van der Waals surface area contributed by atoms with Crippen molar-refractivity contribution in [3.63, 3.8) is 0 Å². The lowest BCUT2D eigenvalue weighted by molar-refractivity contribution is -0.121. The van der Waals surface area contributed by atoms with Crippen LogP contribution in [0.25, 0.3) is 0 Å². The minimum atomic E-state index is -0.638. The molecule has 0 aliphatic rings. The van der Waals surface area contributed by atoms with Gasteiger partial charge in [-0.3, -0.25) is 4.79 Å². The summed E-state index contributed by atoms with van der Waals surface area (Å²) in [5.74, 6) is -0.119. The predicted octanol–water partition coefficient (Wildman–Crippen LogP) is 4.06. The van der Waals surface area contributed by atoms with Crippen molar-refractivity contribution in [2.24, 2.45) is 5.41 Å². The van der Waals surface area contributed by atoms with Crippen molar-refractivity contribution in [1.82, 2.24) is 0 Å². The van der Waals surface area contributed by atoms with Gasteiger partial charge < -0.3 is 5.32 Å². The molecule has 4 heteroatoms. The van der Waals surface area contributed by atoms with Crippen molar-refractivity contribution in [1.29, 1.82) is 0 Å². The van der Waals surface area contributed by atoms with Gasteiger partial charge in [0, 0.05) is 16.2 Å². The van der Waals surface area contributed by atoms with E-state index in [2.05, 4.69) is 5.32 Å². The molecule has 0 aromatic heterocycles. The van der Waals surface area contributed by atoms with Crippen LogP contribution in [0.2, 0.25) is 5.02 Å². The second-order valence-corrected chi connectivity index (χ2v) is 4.66. The molecule has 1 rings (SSSR count). The molecule has 16 heavy (non-hydrogen) atoms. The van der Waals surface area contributed by atoms with E-state index in [1.54, 1.807) is 44.2 Å². The van der Waals surface area contributed by atoms with Crippen LogP contribution in [0.3, 0.4) is 0 Å². The van der Waals surface area contributed by atoms with Crippen molar-refractivity contribution in [3.05, 3.63) is 40.9 Å². The normalized spacial score (nSPS) is 11.8. The Labute approximate surface area is 105 Å².